The van der Waals surface area contributed by atoms with Crippen LogP contribution in [0.1, 0.15) is 19.3 Å². The minimum absolute atomic E-state index is 1.46. The molecule has 39 heavy (non-hydrogen) atoms. The van der Waals surface area contributed by atoms with Crippen LogP contribution < -0.4 is 0 Å². The van der Waals surface area contributed by atoms with E-state index in [1.807, 2.05) is 0 Å². The van der Waals surface area contributed by atoms with Gasteiger partial charge in [-0.3, -0.25) is 9.59 Å². The van der Waals surface area contributed by atoms with Gasteiger partial charge < -0.3 is 9.47 Å². The SMILES string of the molecule is O=C(CC(S)C(=O)OCCC(F)(F)C(F)(F)C(F)(F)C(F)(F)F)OCCC(F)(F)C(F)(F)C(F)(F)C(F)(F)F. The van der Waals surface area contributed by atoms with Crippen molar-refractivity contribution in [2.45, 2.75) is 72.4 Å². The molecule has 0 fully saturated rings. The van der Waals surface area contributed by atoms with Crippen molar-refractivity contribution in [2.24, 2.45) is 0 Å². The highest BCUT2D eigenvalue weighted by Gasteiger charge is 2.82. The smallest absolute Gasteiger partial charge is 0.460 e. The second-order valence-electron chi connectivity index (χ2n) is 7.31. The first-order valence-corrected chi connectivity index (χ1v) is 9.83. The molecular weight excluding hydrogens is 630 g/mol. The van der Waals surface area contributed by atoms with Crippen molar-refractivity contribution >= 4 is 24.6 Å². The Hall–Kier alpha value is -1.97. The van der Waals surface area contributed by atoms with Crippen molar-refractivity contribution < 1.29 is 98.1 Å². The quantitative estimate of drug-likeness (QED) is 0.142. The summed E-state index contributed by atoms with van der Waals surface area (Å²) in [5, 5.41) is -2.19. The normalized spacial score (nSPS) is 15.7. The number of alkyl halides is 18. The Kier molecular flexibility index (Phi) is 10.9. The van der Waals surface area contributed by atoms with Gasteiger partial charge in [-0.05, 0) is 0 Å². The molecule has 0 rings (SSSR count). The third-order valence-electron chi connectivity index (χ3n) is 4.39. The van der Waals surface area contributed by atoms with E-state index in [-0.39, 0.29) is 0 Å². The average Bonchev–Trinajstić information content (AvgIpc) is 2.70. The van der Waals surface area contributed by atoms with E-state index in [2.05, 4.69) is 22.1 Å². The third kappa shape index (κ3) is 7.61. The fourth-order valence-corrected chi connectivity index (χ4v) is 2.32. The molecule has 0 amide bonds. The Morgan fingerprint density at radius 1 is 0.538 bits per heavy atom. The largest absolute Gasteiger partial charge is 0.465 e. The maximum absolute atomic E-state index is 13.3. The minimum atomic E-state index is -7.23. The van der Waals surface area contributed by atoms with Gasteiger partial charge in [-0.1, -0.05) is 0 Å². The molecule has 0 aliphatic heterocycles. The van der Waals surface area contributed by atoms with E-state index in [0.717, 1.165) is 0 Å². The lowest BCUT2D eigenvalue weighted by atomic mass is 10.0. The van der Waals surface area contributed by atoms with Crippen molar-refractivity contribution in [2.75, 3.05) is 13.2 Å². The number of ether oxygens (including phenoxy) is 2. The van der Waals surface area contributed by atoms with Gasteiger partial charge in [0.15, 0.2) is 0 Å². The molecule has 0 aliphatic carbocycles. The Morgan fingerprint density at radius 3 is 1.15 bits per heavy atom. The summed E-state index contributed by atoms with van der Waals surface area (Å²) < 4.78 is 236. The van der Waals surface area contributed by atoms with Gasteiger partial charge in [-0.25, -0.2) is 0 Å². The van der Waals surface area contributed by atoms with Crippen molar-refractivity contribution in [3.05, 3.63) is 0 Å². The molecule has 0 saturated heterocycles. The van der Waals surface area contributed by atoms with Crippen molar-refractivity contribution in [1.29, 1.82) is 0 Å². The third-order valence-corrected chi connectivity index (χ3v) is 4.78. The van der Waals surface area contributed by atoms with Crippen LogP contribution >= 0.6 is 12.6 Å². The highest BCUT2D eigenvalue weighted by atomic mass is 32.1. The summed E-state index contributed by atoms with van der Waals surface area (Å²) >= 11 is 3.27. The van der Waals surface area contributed by atoms with Crippen molar-refractivity contribution in [3.63, 3.8) is 0 Å². The first-order chi connectivity index (χ1) is 16.9. The van der Waals surface area contributed by atoms with Gasteiger partial charge in [0, 0.05) is 0 Å². The second kappa shape index (κ2) is 11.5. The topological polar surface area (TPSA) is 52.6 Å². The van der Waals surface area contributed by atoms with E-state index in [0.29, 0.717) is 0 Å². The molecule has 0 radical (unpaired) electrons. The van der Waals surface area contributed by atoms with E-state index < -0.39 is 97.6 Å². The number of rotatable bonds is 13. The first-order valence-electron chi connectivity index (χ1n) is 9.31. The van der Waals surface area contributed by atoms with Crippen LogP contribution in [0.5, 0.6) is 0 Å². The van der Waals surface area contributed by atoms with Gasteiger partial charge in [0.05, 0.1) is 32.5 Å². The van der Waals surface area contributed by atoms with Crippen LogP contribution in [-0.2, 0) is 19.1 Å². The summed E-state index contributed by atoms with van der Waals surface area (Å²) in [4.78, 5) is 22.8. The minimum Gasteiger partial charge on any atom is -0.465 e. The van der Waals surface area contributed by atoms with Crippen molar-refractivity contribution in [1.82, 2.24) is 0 Å². The van der Waals surface area contributed by atoms with E-state index in [1.165, 1.54) is 0 Å². The lowest BCUT2D eigenvalue weighted by Gasteiger charge is -2.33. The molecule has 0 bridgehead atoms. The van der Waals surface area contributed by atoms with Crippen LogP contribution in [0.2, 0.25) is 0 Å². The van der Waals surface area contributed by atoms with Crippen LogP contribution in [0, 0.1) is 0 Å². The molecule has 0 N–H and O–H groups in total. The van der Waals surface area contributed by atoms with Crippen molar-refractivity contribution in [3.8, 4) is 0 Å². The first kappa shape index (κ1) is 37.0. The van der Waals surface area contributed by atoms with Crippen LogP contribution in [0.4, 0.5) is 79.0 Å². The van der Waals surface area contributed by atoms with E-state index in [1.54, 1.807) is 0 Å². The Labute approximate surface area is 209 Å². The molecular formula is C16H12F18O4S. The van der Waals surface area contributed by atoms with Gasteiger partial charge in [-0.2, -0.15) is 91.7 Å². The second-order valence-corrected chi connectivity index (χ2v) is 7.93. The molecule has 0 aromatic heterocycles. The van der Waals surface area contributed by atoms with Crippen LogP contribution in [0.15, 0.2) is 0 Å². The number of hydrogen-bond acceptors (Lipinski definition) is 5. The summed E-state index contributed by atoms with van der Waals surface area (Å²) in [5.74, 6) is -44.6. The number of halogens is 18. The zero-order chi connectivity index (χ0) is 31.7. The molecule has 232 valence electrons. The molecule has 4 nitrogen and oxygen atoms in total. The molecule has 1 atom stereocenters. The zero-order valence-corrected chi connectivity index (χ0v) is 18.9. The van der Waals surface area contributed by atoms with E-state index >= 15 is 0 Å². The molecule has 0 aromatic carbocycles. The van der Waals surface area contributed by atoms with E-state index in [9.17, 15) is 88.6 Å². The number of carbonyl (C=O) groups is 2. The van der Waals surface area contributed by atoms with Gasteiger partial charge >= 0.3 is 59.8 Å². The number of carbonyl (C=O) groups excluding carboxylic acids is 2. The fraction of sp³-hybridized carbons (Fsp3) is 0.875. The number of hydrogen-bond donors (Lipinski definition) is 1. The molecule has 0 saturated carbocycles. The fourth-order valence-electron chi connectivity index (χ4n) is 2.10. The number of esters is 2. The van der Waals surface area contributed by atoms with Gasteiger partial charge in [0.1, 0.15) is 5.25 Å². The average molecular weight is 642 g/mol. The molecule has 0 spiro atoms. The molecule has 0 aromatic rings. The van der Waals surface area contributed by atoms with Crippen LogP contribution in [-0.4, -0.2) is 78.3 Å². The van der Waals surface area contributed by atoms with Crippen LogP contribution in [0.25, 0.3) is 0 Å². The monoisotopic (exact) mass is 642 g/mol. The zero-order valence-electron chi connectivity index (χ0n) is 18.0. The Bertz CT molecular complexity index is 866. The highest BCUT2D eigenvalue weighted by Crippen LogP contribution is 2.55. The van der Waals surface area contributed by atoms with Gasteiger partial charge in [0.2, 0.25) is 0 Å². The lowest BCUT2D eigenvalue weighted by molar-refractivity contribution is -0.397. The summed E-state index contributed by atoms with van der Waals surface area (Å²) in [7, 11) is 0. The van der Waals surface area contributed by atoms with Gasteiger partial charge in [-0.15, -0.1) is 0 Å². The molecule has 0 heterocycles. The maximum Gasteiger partial charge on any atom is 0.460 e. The standard InChI is InChI=1S/C16H12F18O4S/c17-9(18,11(21,22)13(25,26)15(29,30)31)1-3-37-7(35)5-6(39)8(36)38-4-2-10(19,20)12(23,24)14(27,28)16(32,33)34/h6,39H,1-5H2. The highest BCUT2D eigenvalue weighted by molar-refractivity contribution is 7.81. The van der Waals surface area contributed by atoms with Crippen LogP contribution in [0.3, 0.4) is 0 Å². The molecule has 0 aliphatic rings. The predicted octanol–water partition coefficient (Wildman–Crippen LogP) is 6.48. The Morgan fingerprint density at radius 2 is 0.846 bits per heavy atom. The number of thiol groups is 1. The van der Waals surface area contributed by atoms with Gasteiger partial charge in [0.25, 0.3) is 0 Å². The molecule has 1 unspecified atom stereocenters. The lowest BCUT2D eigenvalue weighted by Crippen LogP contribution is -2.61. The summed E-state index contributed by atoms with van der Waals surface area (Å²) in [6, 6.07) is 0. The Balaban J connectivity index is 4.95. The maximum atomic E-state index is 13.3. The predicted molar refractivity (Wildman–Crippen MR) is 90.3 cm³/mol. The molecule has 23 heteroatoms. The summed E-state index contributed by atoms with van der Waals surface area (Å²) in [6.45, 7) is -3.93. The summed E-state index contributed by atoms with van der Waals surface area (Å²) in [6.07, 6.45) is -20.9. The van der Waals surface area contributed by atoms with E-state index in [4.69, 9.17) is 0 Å². The summed E-state index contributed by atoms with van der Waals surface area (Å²) in [5.41, 5.74) is 0.